The van der Waals surface area contributed by atoms with Gasteiger partial charge in [-0.05, 0) is 12.1 Å². The smallest absolute Gasteiger partial charge is 0.256 e. The lowest BCUT2D eigenvalue weighted by Gasteiger charge is -1.97. The average Bonchev–Trinajstić information content (AvgIpc) is 2.45. The van der Waals surface area contributed by atoms with E-state index in [1.807, 2.05) is 6.07 Å². The van der Waals surface area contributed by atoms with Gasteiger partial charge in [-0.3, -0.25) is 9.59 Å². The fraction of sp³-hybridized carbons (Fsp3) is 0. The minimum atomic E-state index is -0.248. The van der Waals surface area contributed by atoms with E-state index < -0.39 is 0 Å². The predicted octanol–water partition coefficient (Wildman–Crippen LogP) is 1.09. The Morgan fingerprint density at radius 1 is 1.14 bits per heavy atom. The number of aromatic nitrogens is 1. The van der Waals surface area contributed by atoms with E-state index in [-0.39, 0.29) is 11.5 Å². The van der Waals surface area contributed by atoms with E-state index in [0.717, 1.165) is 11.1 Å². The van der Waals surface area contributed by atoms with Crippen LogP contribution in [-0.2, 0) is 0 Å². The topological polar surface area (TPSA) is 62.0 Å². The Bertz CT molecular complexity index is 613. The summed E-state index contributed by atoms with van der Waals surface area (Å²) in [6, 6.07) is 6.72. The Morgan fingerprint density at radius 2 is 2.00 bits per heavy atom. The third-order valence-corrected chi connectivity index (χ3v) is 2.36. The number of rotatable bonds is 0. The van der Waals surface area contributed by atoms with Crippen LogP contribution in [0.3, 0.4) is 0 Å². The predicted molar refractivity (Wildman–Crippen MR) is 52.5 cm³/mol. The second-order valence-corrected chi connectivity index (χ2v) is 3.23. The van der Waals surface area contributed by atoms with Crippen molar-refractivity contribution in [3.05, 3.63) is 40.2 Å². The van der Waals surface area contributed by atoms with Gasteiger partial charge in [0.15, 0.2) is 0 Å². The number of H-pyrrole nitrogens is 1. The van der Waals surface area contributed by atoms with E-state index in [2.05, 4.69) is 10.3 Å². The van der Waals surface area contributed by atoms with Gasteiger partial charge in [0.1, 0.15) is 0 Å². The highest BCUT2D eigenvalue weighted by atomic mass is 16.2. The largest absolute Gasteiger partial charge is 0.322 e. The van der Waals surface area contributed by atoms with E-state index in [1.54, 1.807) is 12.1 Å². The number of benzene rings is 1. The van der Waals surface area contributed by atoms with Gasteiger partial charge in [-0.15, -0.1) is 0 Å². The van der Waals surface area contributed by atoms with Crippen LogP contribution in [-0.4, -0.2) is 10.9 Å². The van der Waals surface area contributed by atoms with Crippen molar-refractivity contribution in [1.82, 2.24) is 4.98 Å². The number of carbonyl (C=O) groups is 1. The lowest BCUT2D eigenvalue weighted by molar-refractivity contribution is 0.103. The first-order chi connectivity index (χ1) is 6.75. The van der Waals surface area contributed by atoms with E-state index >= 15 is 0 Å². The molecule has 0 spiro atoms. The van der Waals surface area contributed by atoms with Crippen molar-refractivity contribution >= 4 is 22.5 Å². The van der Waals surface area contributed by atoms with Crippen molar-refractivity contribution < 1.29 is 4.79 Å². The molecule has 1 aromatic heterocycles. The van der Waals surface area contributed by atoms with Gasteiger partial charge < -0.3 is 10.3 Å². The molecule has 1 aliphatic heterocycles. The first kappa shape index (κ1) is 7.32. The molecule has 0 aliphatic carbocycles. The summed E-state index contributed by atoms with van der Waals surface area (Å²) in [6.45, 7) is 0. The Balaban J connectivity index is 2.62. The molecular formula is C10H6N2O2. The highest BCUT2D eigenvalue weighted by molar-refractivity contribution is 6.23. The van der Waals surface area contributed by atoms with Crippen LogP contribution in [0.4, 0.5) is 5.69 Å². The number of anilines is 1. The number of amides is 1. The molecule has 0 fully saturated rings. The molecule has 0 atom stereocenters. The SMILES string of the molecule is O=C1Nc2cccc3[nH]c(=O)cc1c23. The lowest BCUT2D eigenvalue weighted by Crippen LogP contribution is -2.09. The maximum atomic E-state index is 11.4. The second-order valence-electron chi connectivity index (χ2n) is 3.23. The number of hydrogen-bond acceptors (Lipinski definition) is 2. The number of carbonyl (C=O) groups excluding carboxylic acids is 1. The highest BCUT2D eigenvalue weighted by Gasteiger charge is 2.21. The summed E-state index contributed by atoms with van der Waals surface area (Å²) in [7, 11) is 0. The molecule has 1 aliphatic rings. The summed E-state index contributed by atoms with van der Waals surface area (Å²) >= 11 is 0. The fourth-order valence-electron chi connectivity index (χ4n) is 1.79. The third-order valence-electron chi connectivity index (χ3n) is 2.36. The Kier molecular flexibility index (Phi) is 1.16. The summed E-state index contributed by atoms with van der Waals surface area (Å²) in [5.74, 6) is -0.206. The quantitative estimate of drug-likeness (QED) is 0.647. The monoisotopic (exact) mass is 186 g/mol. The molecule has 0 radical (unpaired) electrons. The second kappa shape index (κ2) is 2.23. The van der Waals surface area contributed by atoms with Crippen LogP contribution >= 0.6 is 0 Å². The maximum Gasteiger partial charge on any atom is 0.256 e. The fourth-order valence-corrected chi connectivity index (χ4v) is 1.79. The number of aromatic amines is 1. The molecule has 0 bridgehead atoms. The van der Waals surface area contributed by atoms with Crippen LogP contribution in [0, 0.1) is 0 Å². The third kappa shape index (κ3) is 0.771. The molecule has 14 heavy (non-hydrogen) atoms. The van der Waals surface area contributed by atoms with E-state index in [0.29, 0.717) is 11.1 Å². The van der Waals surface area contributed by atoms with E-state index in [4.69, 9.17) is 0 Å². The summed E-state index contributed by atoms with van der Waals surface area (Å²) in [5, 5.41) is 3.50. The van der Waals surface area contributed by atoms with Crippen LogP contribution in [0.15, 0.2) is 29.1 Å². The van der Waals surface area contributed by atoms with Crippen molar-refractivity contribution in [3.63, 3.8) is 0 Å². The molecular weight excluding hydrogens is 180 g/mol. The van der Waals surface area contributed by atoms with Crippen molar-refractivity contribution in [2.75, 3.05) is 5.32 Å². The normalized spacial score (nSPS) is 13.3. The first-order valence-electron chi connectivity index (χ1n) is 4.23. The van der Waals surface area contributed by atoms with Gasteiger partial charge in [0.25, 0.3) is 5.91 Å². The Hall–Kier alpha value is -2.10. The lowest BCUT2D eigenvalue weighted by atomic mass is 10.1. The van der Waals surface area contributed by atoms with Crippen LogP contribution < -0.4 is 10.9 Å². The molecule has 1 aromatic carbocycles. The molecule has 2 N–H and O–H groups in total. The Morgan fingerprint density at radius 3 is 2.86 bits per heavy atom. The van der Waals surface area contributed by atoms with Gasteiger partial charge in [-0.1, -0.05) is 6.07 Å². The average molecular weight is 186 g/mol. The number of pyridine rings is 1. The van der Waals surface area contributed by atoms with Crippen LogP contribution in [0.25, 0.3) is 10.9 Å². The van der Waals surface area contributed by atoms with Crippen molar-refractivity contribution in [3.8, 4) is 0 Å². The molecule has 3 rings (SSSR count). The van der Waals surface area contributed by atoms with Gasteiger partial charge in [-0.2, -0.15) is 0 Å². The molecule has 4 heteroatoms. The van der Waals surface area contributed by atoms with Gasteiger partial charge in [0.2, 0.25) is 5.56 Å². The molecule has 0 saturated heterocycles. The molecule has 2 heterocycles. The first-order valence-corrected chi connectivity index (χ1v) is 4.23. The highest BCUT2D eigenvalue weighted by Crippen LogP contribution is 2.30. The van der Waals surface area contributed by atoms with Crippen LogP contribution in [0.1, 0.15) is 10.4 Å². The molecule has 68 valence electrons. The molecule has 0 saturated carbocycles. The van der Waals surface area contributed by atoms with Gasteiger partial charge in [0.05, 0.1) is 16.8 Å². The zero-order chi connectivity index (χ0) is 9.71. The summed E-state index contributed by atoms with van der Waals surface area (Å²) in [5.41, 5.74) is 1.67. The van der Waals surface area contributed by atoms with Crippen LogP contribution in [0.5, 0.6) is 0 Å². The summed E-state index contributed by atoms with van der Waals surface area (Å²) in [4.78, 5) is 25.3. The van der Waals surface area contributed by atoms with Crippen molar-refractivity contribution in [2.45, 2.75) is 0 Å². The minimum absolute atomic E-state index is 0.206. The summed E-state index contributed by atoms with van der Waals surface area (Å²) < 4.78 is 0. The van der Waals surface area contributed by atoms with Crippen molar-refractivity contribution in [1.29, 1.82) is 0 Å². The summed E-state index contributed by atoms with van der Waals surface area (Å²) in [6.07, 6.45) is 0. The van der Waals surface area contributed by atoms with Crippen LogP contribution in [0.2, 0.25) is 0 Å². The number of hydrogen-bond donors (Lipinski definition) is 2. The van der Waals surface area contributed by atoms with E-state index in [1.165, 1.54) is 6.07 Å². The minimum Gasteiger partial charge on any atom is -0.322 e. The van der Waals surface area contributed by atoms with Crippen molar-refractivity contribution in [2.24, 2.45) is 0 Å². The zero-order valence-corrected chi connectivity index (χ0v) is 7.13. The van der Waals surface area contributed by atoms with Gasteiger partial charge in [-0.25, -0.2) is 0 Å². The zero-order valence-electron chi connectivity index (χ0n) is 7.13. The standard InChI is InChI=1S/C10H6N2O2/c13-8-4-5-9-6(11-8)2-1-3-7(9)12-10(5)14/h1-4H,(H,11,13)(H,12,14). The van der Waals surface area contributed by atoms with Gasteiger partial charge >= 0.3 is 0 Å². The van der Waals surface area contributed by atoms with E-state index in [9.17, 15) is 9.59 Å². The van der Waals surface area contributed by atoms with Gasteiger partial charge in [0, 0.05) is 11.5 Å². The maximum absolute atomic E-state index is 11.4. The molecule has 1 amide bonds. The molecule has 2 aromatic rings. The Labute approximate surface area is 78.6 Å². The molecule has 4 nitrogen and oxygen atoms in total. The number of nitrogens with one attached hydrogen (secondary N) is 2. The molecule has 0 unspecified atom stereocenters.